The maximum atomic E-state index is 9.54. The van der Waals surface area contributed by atoms with Gasteiger partial charge in [0.15, 0.2) is 0 Å². The molecule has 0 saturated heterocycles. The number of anilines is 2. The number of hydrazine groups is 1. The van der Waals surface area contributed by atoms with Gasteiger partial charge in [0.2, 0.25) is 5.13 Å². The molecule has 0 atom stereocenters. The van der Waals surface area contributed by atoms with Crippen molar-refractivity contribution in [1.29, 1.82) is 0 Å². The fourth-order valence-corrected chi connectivity index (χ4v) is 1.64. The van der Waals surface area contributed by atoms with E-state index in [0.717, 1.165) is 10.7 Å². The molecule has 1 aromatic carbocycles. The number of aromatic hydroxyl groups is 1. The van der Waals surface area contributed by atoms with Crippen molar-refractivity contribution in [3.8, 4) is 5.75 Å². The van der Waals surface area contributed by atoms with Gasteiger partial charge >= 0.3 is 0 Å². The lowest BCUT2D eigenvalue weighted by Crippen LogP contribution is -2.08. The van der Waals surface area contributed by atoms with E-state index < -0.39 is 0 Å². The molecule has 0 aliphatic rings. The molecule has 15 heavy (non-hydrogen) atoms. The lowest BCUT2D eigenvalue weighted by atomic mass is 10.2. The van der Waals surface area contributed by atoms with Crippen molar-refractivity contribution in [2.45, 2.75) is 6.92 Å². The Morgan fingerprint density at radius 2 is 2.20 bits per heavy atom. The summed E-state index contributed by atoms with van der Waals surface area (Å²) < 4.78 is 0. The smallest absolute Gasteiger partial charge is 0.201 e. The minimum atomic E-state index is 0.213. The van der Waals surface area contributed by atoms with Gasteiger partial charge in [0, 0.05) is 11.6 Å². The minimum absolute atomic E-state index is 0.213. The topological polar surface area (TPSA) is 57.2 Å². The molecule has 0 aliphatic carbocycles. The molecule has 0 saturated carbocycles. The van der Waals surface area contributed by atoms with Gasteiger partial charge in [-0.05, 0) is 24.6 Å². The van der Waals surface area contributed by atoms with E-state index in [9.17, 15) is 5.11 Å². The Bertz CT molecular complexity index is 442. The van der Waals surface area contributed by atoms with E-state index in [1.54, 1.807) is 12.3 Å². The third-order valence-electron chi connectivity index (χ3n) is 1.89. The van der Waals surface area contributed by atoms with Crippen LogP contribution in [-0.2, 0) is 0 Å². The summed E-state index contributed by atoms with van der Waals surface area (Å²) in [4.78, 5) is 4.05. The highest BCUT2D eigenvalue weighted by atomic mass is 32.1. The number of aryl methyl sites for hydroxylation is 1. The summed E-state index contributed by atoms with van der Waals surface area (Å²) in [5.41, 5.74) is 7.53. The fourth-order valence-electron chi connectivity index (χ4n) is 1.16. The Hall–Kier alpha value is -1.75. The lowest BCUT2D eigenvalue weighted by Gasteiger charge is -2.09. The first-order valence-corrected chi connectivity index (χ1v) is 5.35. The zero-order valence-electron chi connectivity index (χ0n) is 8.19. The Balaban J connectivity index is 2.07. The van der Waals surface area contributed by atoms with Crippen molar-refractivity contribution in [3.05, 3.63) is 35.3 Å². The molecular weight excluding hydrogens is 210 g/mol. The summed E-state index contributed by atoms with van der Waals surface area (Å²) in [5, 5.41) is 12.2. The second-order valence-corrected chi connectivity index (χ2v) is 4.00. The largest absolute Gasteiger partial charge is 0.506 e. The molecule has 0 bridgehead atoms. The number of thiazole rings is 1. The Labute approximate surface area is 91.6 Å². The van der Waals surface area contributed by atoms with Gasteiger partial charge in [0.1, 0.15) is 5.75 Å². The summed E-state index contributed by atoms with van der Waals surface area (Å²) >= 11 is 1.49. The van der Waals surface area contributed by atoms with Crippen LogP contribution in [0.15, 0.2) is 29.8 Å². The van der Waals surface area contributed by atoms with Crippen LogP contribution in [0, 0.1) is 6.92 Å². The molecule has 5 heteroatoms. The summed E-state index contributed by atoms with van der Waals surface area (Å²) in [5.74, 6) is 0.213. The van der Waals surface area contributed by atoms with E-state index in [1.165, 1.54) is 11.3 Å². The number of aromatic nitrogens is 1. The van der Waals surface area contributed by atoms with E-state index in [4.69, 9.17) is 0 Å². The molecular formula is C10H11N3OS. The molecule has 0 unspecified atom stereocenters. The maximum Gasteiger partial charge on any atom is 0.201 e. The summed E-state index contributed by atoms with van der Waals surface area (Å²) in [6, 6.07) is 5.36. The van der Waals surface area contributed by atoms with Gasteiger partial charge in [-0.2, -0.15) is 0 Å². The second kappa shape index (κ2) is 4.18. The van der Waals surface area contributed by atoms with Gasteiger partial charge < -0.3 is 5.11 Å². The number of phenolic OH excluding ortho intramolecular Hbond substituents is 1. The standard InChI is InChI=1S/C10H11N3OS/c1-7-2-3-9(14)8(6-7)12-13-10-11-4-5-15-10/h2-6,12,14H,1H3,(H,11,13). The lowest BCUT2D eigenvalue weighted by molar-refractivity contribution is 0.477. The average Bonchev–Trinajstić information content (AvgIpc) is 2.72. The first-order valence-electron chi connectivity index (χ1n) is 4.47. The highest BCUT2D eigenvalue weighted by Gasteiger charge is 2.00. The molecule has 4 nitrogen and oxygen atoms in total. The van der Waals surface area contributed by atoms with Crippen LogP contribution in [0.1, 0.15) is 5.56 Å². The molecule has 0 aliphatic heterocycles. The highest BCUT2D eigenvalue weighted by molar-refractivity contribution is 7.13. The Morgan fingerprint density at radius 1 is 1.33 bits per heavy atom. The molecule has 0 amide bonds. The number of hydrogen-bond donors (Lipinski definition) is 3. The van der Waals surface area contributed by atoms with Crippen LogP contribution < -0.4 is 10.9 Å². The van der Waals surface area contributed by atoms with E-state index in [2.05, 4.69) is 15.8 Å². The zero-order chi connectivity index (χ0) is 10.7. The van der Waals surface area contributed by atoms with Crippen LogP contribution in [0.2, 0.25) is 0 Å². The molecule has 2 rings (SSSR count). The van der Waals surface area contributed by atoms with Gasteiger partial charge in [0.05, 0.1) is 5.69 Å². The van der Waals surface area contributed by atoms with Crippen molar-refractivity contribution in [2.24, 2.45) is 0 Å². The first-order chi connectivity index (χ1) is 7.25. The minimum Gasteiger partial charge on any atom is -0.506 e. The Kier molecular flexibility index (Phi) is 2.73. The van der Waals surface area contributed by atoms with Crippen LogP contribution in [0.4, 0.5) is 10.8 Å². The molecule has 0 fully saturated rings. The Morgan fingerprint density at radius 3 is 2.93 bits per heavy atom. The summed E-state index contributed by atoms with van der Waals surface area (Å²) in [6.07, 6.45) is 1.71. The molecule has 1 aromatic heterocycles. The molecule has 78 valence electrons. The van der Waals surface area contributed by atoms with Gasteiger partial charge in [-0.1, -0.05) is 6.07 Å². The van der Waals surface area contributed by atoms with Crippen molar-refractivity contribution in [1.82, 2.24) is 4.98 Å². The van der Waals surface area contributed by atoms with E-state index in [0.29, 0.717) is 5.69 Å². The molecule has 3 N–H and O–H groups in total. The predicted octanol–water partition coefficient (Wildman–Crippen LogP) is 2.60. The fraction of sp³-hybridized carbons (Fsp3) is 0.100. The third kappa shape index (κ3) is 2.38. The molecule has 0 spiro atoms. The third-order valence-corrected chi connectivity index (χ3v) is 2.58. The van der Waals surface area contributed by atoms with Crippen LogP contribution in [0.5, 0.6) is 5.75 Å². The highest BCUT2D eigenvalue weighted by Crippen LogP contribution is 2.24. The van der Waals surface area contributed by atoms with Crippen LogP contribution in [0.3, 0.4) is 0 Å². The average molecular weight is 221 g/mol. The van der Waals surface area contributed by atoms with E-state index in [1.807, 2.05) is 24.4 Å². The summed E-state index contributed by atoms with van der Waals surface area (Å²) in [6.45, 7) is 1.97. The maximum absolute atomic E-state index is 9.54. The van der Waals surface area contributed by atoms with Crippen LogP contribution in [0.25, 0.3) is 0 Å². The molecule has 1 heterocycles. The van der Waals surface area contributed by atoms with Gasteiger partial charge in [-0.3, -0.25) is 10.9 Å². The van der Waals surface area contributed by atoms with Crippen molar-refractivity contribution in [3.63, 3.8) is 0 Å². The monoisotopic (exact) mass is 221 g/mol. The number of nitrogens with one attached hydrogen (secondary N) is 2. The zero-order valence-corrected chi connectivity index (χ0v) is 9.01. The molecule has 2 aromatic rings. The number of nitrogens with zero attached hydrogens (tertiary/aromatic N) is 1. The number of hydrogen-bond acceptors (Lipinski definition) is 5. The molecule has 0 radical (unpaired) electrons. The van der Waals surface area contributed by atoms with Gasteiger partial charge in [-0.25, -0.2) is 4.98 Å². The number of rotatable bonds is 3. The normalized spacial score (nSPS) is 9.93. The van der Waals surface area contributed by atoms with Gasteiger partial charge in [0.25, 0.3) is 0 Å². The SMILES string of the molecule is Cc1ccc(O)c(NNc2nccs2)c1. The van der Waals surface area contributed by atoms with Crippen LogP contribution >= 0.6 is 11.3 Å². The first kappa shape index (κ1) is 9.79. The number of phenols is 1. The van der Waals surface area contributed by atoms with Crippen LogP contribution in [-0.4, -0.2) is 10.1 Å². The number of benzene rings is 1. The van der Waals surface area contributed by atoms with Crippen molar-refractivity contribution < 1.29 is 5.11 Å². The van der Waals surface area contributed by atoms with Crippen molar-refractivity contribution in [2.75, 3.05) is 10.9 Å². The second-order valence-electron chi connectivity index (χ2n) is 3.11. The van der Waals surface area contributed by atoms with Crippen molar-refractivity contribution >= 4 is 22.2 Å². The van der Waals surface area contributed by atoms with E-state index in [-0.39, 0.29) is 5.75 Å². The van der Waals surface area contributed by atoms with Gasteiger partial charge in [-0.15, -0.1) is 11.3 Å². The quantitative estimate of drug-likeness (QED) is 0.551. The van der Waals surface area contributed by atoms with E-state index >= 15 is 0 Å². The predicted molar refractivity (Wildman–Crippen MR) is 62.2 cm³/mol. The summed E-state index contributed by atoms with van der Waals surface area (Å²) in [7, 11) is 0.